The van der Waals surface area contributed by atoms with Crippen LogP contribution < -0.4 is 11.5 Å². The second kappa shape index (κ2) is 6.37. The highest BCUT2D eigenvalue weighted by Crippen LogP contribution is 2.27. The van der Waals surface area contributed by atoms with Crippen molar-refractivity contribution in [2.75, 3.05) is 5.73 Å². The van der Waals surface area contributed by atoms with Crippen LogP contribution in [-0.4, -0.2) is 15.2 Å². The SMILES string of the molecule is Nc1n[nH]c2cc(-c3ccnc(C(N)Cc4ccccc4)c3)ccc12. The summed E-state index contributed by atoms with van der Waals surface area (Å²) in [7, 11) is 0. The molecule has 1 unspecified atom stereocenters. The molecule has 4 aromatic rings. The van der Waals surface area contributed by atoms with Gasteiger partial charge < -0.3 is 11.5 Å². The van der Waals surface area contributed by atoms with Crippen molar-refractivity contribution in [2.45, 2.75) is 12.5 Å². The largest absolute Gasteiger partial charge is 0.382 e. The lowest BCUT2D eigenvalue weighted by Gasteiger charge is -2.12. The van der Waals surface area contributed by atoms with Gasteiger partial charge in [-0.2, -0.15) is 5.10 Å². The summed E-state index contributed by atoms with van der Waals surface area (Å²) in [5.74, 6) is 0.516. The molecule has 0 amide bonds. The van der Waals surface area contributed by atoms with Crippen molar-refractivity contribution in [3.63, 3.8) is 0 Å². The fourth-order valence-corrected chi connectivity index (χ4v) is 3.02. The van der Waals surface area contributed by atoms with Gasteiger partial charge in [0.15, 0.2) is 5.82 Å². The number of aromatic amines is 1. The maximum Gasteiger partial charge on any atom is 0.153 e. The molecule has 0 saturated heterocycles. The summed E-state index contributed by atoms with van der Waals surface area (Å²) in [5, 5.41) is 7.93. The smallest absolute Gasteiger partial charge is 0.153 e. The molecule has 2 aromatic carbocycles. The topological polar surface area (TPSA) is 93.6 Å². The van der Waals surface area contributed by atoms with Crippen LogP contribution in [0.5, 0.6) is 0 Å². The first kappa shape index (κ1) is 15.4. The van der Waals surface area contributed by atoms with Gasteiger partial charge in [-0.05, 0) is 47.4 Å². The molecule has 5 nitrogen and oxygen atoms in total. The molecule has 0 spiro atoms. The van der Waals surface area contributed by atoms with E-state index in [0.717, 1.165) is 34.1 Å². The fraction of sp³-hybridized carbons (Fsp3) is 0.100. The van der Waals surface area contributed by atoms with E-state index >= 15 is 0 Å². The zero-order chi connectivity index (χ0) is 17.2. The predicted molar refractivity (Wildman–Crippen MR) is 101 cm³/mol. The van der Waals surface area contributed by atoms with Gasteiger partial charge in [0.05, 0.1) is 17.3 Å². The molecular weight excluding hydrogens is 310 g/mol. The van der Waals surface area contributed by atoms with Gasteiger partial charge in [-0.3, -0.25) is 10.1 Å². The third-order valence-corrected chi connectivity index (χ3v) is 4.39. The van der Waals surface area contributed by atoms with Crippen LogP contribution in [0.4, 0.5) is 5.82 Å². The van der Waals surface area contributed by atoms with Crippen LogP contribution in [0.15, 0.2) is 66.9 Å². The van der Waals surface area contributed by atoms with Crippen LogP contribution in [0.25, 0.3) is 22.0 Å². The standard InChI is InChI=1S/C20H19N5/c21-17(10-13-4-2-1-3-5-13)19-12-15(8-9-23-19)14-6-7-16-18(11-14)24-25-20(16)22/h1-9,11-12,17H,10,21H2,(H3,22,24,25). The second-order valence-electron chi connectivity index (χ2n) is 6.13. The lowest BCUT2D eigenvalue weighted by Crippen LogP contribution is -2.14. The van der Waals surface area contributed by atoms with Gasteiger partial charge in [-0.25, -0.2) is 0 Å². The molecule has 0 fully saturated rings. The second-order valence-corrected chi connectivity index (χ2v) is 6.13. The minimum absolute atomic E-state index is 0.145. The van der Waals surface area contributed by atoms with Crippen molar-refractivity contribution in [1.29, 1.82) is 0 Å². The average Bonchev–Trinajstić information content (AvgIpc) is 3.03. The molecule has 0 aliphatic carbocycles. The molecule has 25 heavy (non-hydrogen) atoms. The number of benzene rings is 2. The number of pyridine rings is 1. The van der Waals surface area contributed by atoms with Crippen molar-refractivity contribution in [1.82, 2.24) is 15.2 Å². The van der Waals surface area contributed by atoms with E-state index in [4.69, 9.17) is 11.5 Å². The van der Waals surface area contributed by atoms with Crippen molar-refractivity contribution in [2.24, 2.45) is 5.73 Å². The van der Waals surface area contributed by atoms with E-state index in [1.807, 2.05) is 42.5 Å². The number of H-pyrrole nitrogens is 1. The third-order valence-electron chi connectivity index (χ3n) is 4.39. The zero-order valence-electron chi connectivity index (χ0n) is 13.7. The summed E-state index contributed by atoms with van der Waals surface area (Å²) in [4.78, 5) is 4.46. The highest BCUT2D eigenvalue weighted by molar-refractivity contribution is 5.91. The quantitative estimate of drug-likeness (QED) is 0.534. The van der Waals surface area contributed by atoms with Gasteiger partial charge in [0.2, 0.25) is 0 Å². The Labute approximate surface area is 145 Å². The minimum Gasteiger partial charge on any atom is -0.382 e. The van der Waals surface area contributed by atoms with E-state index in [9.17, 15) is 0 Å². The Morgan fingerprint density at radius 3 is 2.60 bits per heavy atom. The number of hydrogen-bond acceptors (Lipinski definition) is 4. The van der Waals surface area contributed by atoms with Gasteiger partial charge in [0, 0.05) is 11.6 Å². The lowest BCUT2D eigenvalue weighted by atomic mass is 10.00. The van der Waals surface area contributed by atoms with E-state index < -0.39 is 0 Å². The molecule has 0 aliphatic heterocycles. The first-order valence-electron chi connectivity index (χ1n) is 8.20. The monoisotopic (exact) mass is 329 g/mol. The van der Waals surface area contributed by atoms with Crippen molar-refractivity contribution in [3.05, 3.63) is 78.1 Å². The molecule has 1 atom stereocenters. The average molecular weight is 329 g/mol. The molecule has 0 radical (unpaired) electrons. The van der Waals surface area contributed by atoms with Crippen LogP contribution in [-0.2, 0) is 6.42 Å². The van der Waals surface area contributed by atoms with Crippen molar-refractivity contribution >= 4 is 16.7 Å². The Kier molecular flexibility index (Phi) is 3.91. The van der Waals surface area contributed by atoms with Gasteiger partial charge >= 0.3 is 0 Å². The summed E-state index contributed by atoms with van der Waals surface area (Å²) in [6.07, 6.45) is 2.56. The molecule has 5 N–H and O–H groups in total. The van der Waals surface area contributed by atoms with Gasteiger partial charge in [0.25, 0.3) is 0 Å². The van der Waals surface area contributed by atoms with E-state index in [1.54, 1.807) is 6.20 Å². The molecule has 5 heteroatoms. The van der Waals surface area contributed by atoms with Crippen molar-refractivity contribution < 1.29 is 0 Å². The number of rotatable bonds is 4. The summed E-state index contributed by atoms with van der Waals surface area (Å²) in [6, 6.07) is 20.2. The number of anilines is 1. The molecule has 0 aliphatic rings. The first-order valence-corrected chi connectivity index (χ1v) is 8.20. The van der Waals surface area contributed by atoms with Crippen LogP contribution in [0.2, 0.25) is 0 Å². The normalized spacial score (nSPS) is 12.4. The molecule has 2 heterocycles. The Morgan fingerprint density at radius 2 is 1.76 bits per heavy atom. The number of fused-ring (bicyclic) bond motifs is 1. The highest BCUT2D eigenvalue weighted by Gasteiger charge is 2.11. The van der Waals surface area contributed by atoms with E-state index in [2.05, 4.69) is 33.4 Å². The Morgan fingerprint density at radius 1 is 0.960 bits per heavy atom. The maximum atomic E-state index is 6.37. The number of aromatic nitrogens is 3. The summed E-state index contributed by atoms with van der Waals surface area (Å²) < 4.78 is 0. The number of nitrogens with zero attached hydrogens (tertiary/aromatic N) is 2. The number of hydrogen-bond donors (Lipinski definition) is 3. The number of nitrogen functional groups attached to an aromatic ring is 1. The van der Waals surface area contributed by atoms with Crippen LogP contribution in [0.1, 0.15) is 17.3 Å². The Hall–Kier alpha value is -3.18. The van der Waals surface area contributed by atoms with Crippen LogP contribution in [0.3, 0.4) is 0 Å². The lowest BCUT2D eigenvalue weighted by molar-refractivity contribution is 0.697. The van der Waals surface area contributed by atoms with Crippen molar-refractivity contribution in [3.8, 4) is 11.1 Å². The Bertz CT molecular complexity index is 1010. The number of nitrogens with one attached hydrogen (secondary N) is 1. The summed E-state index contributed by atoms with van der Waals surface area (Å²) >= 11 is 0. The van der Waals surface area contributed by atoms with E-state index in [1.165, 1.54) is 5.56 Å². The Balaban J connectivity index is 1.63. The zero-order valence-corrected chi connectivity index (χ0v) is 13.7. The van der Waals surface area contributed by atoms with Crippen LogP contribution >= 0.6 is 0 Å². The first-order chi connectivity index (χ1) is 12.2. The third kappa shape index (κ3) is 3.09. The molecule has 2 aromatic heterocycles. The number of nitrogens with two attached hydrogens (primary N) is 2. The fourth-order valence-electron chi connectivity index (χ4n) is 3.02. The van der Waals surface area contributed by atoms with E-state index in [-0.39, 0.29) is 6.04 Å². The van der Waals surface area contributed by atoms with Crippen LogP contribution in [0, 0.1) is 0 Å². The maximum absolute atomic E-state index is 6.37. The van der Waals surface area contributed by atoms with E-state index in [0.29, 0.717) is 5.82 Å². The summed E-state index contributed by atoms with van der Waals surface area (Å²) in [5.41, 5.74) is 17.4. The molecule has 0 saturated carbocycles. The minimum atomic E-state index is -0.145. The molecule has 4 rings (SSSR count). The predicted octanol–water partition coefficient (Wildman–Crippen LogP) is 3.45. The van der Waals surface area contributed by atoms with Gasteiger partial charge in [0.1, 0.15) is 0 Å². The highest BCUT2D eigenvalue weighted by atomic mass is 15.1. The van der Waals surface area contributed by atoms with Gasteiger partial charge in [-0.15, -0.1) is 0 Å². The molecule has 0 bridgehead atoms. The molecule has 124 valence electrons. The molecular formula is C20H19N5. The van der Waals surface area contributed by atoms with Gasteiger partial charge in [-0.1, -0.05) is 36.4 Å². The summed E-state index contributed by atoms with van der Waals surface area (Å²) in [6.45, 7) is 0.